The van der Waals surface area contributed by atoms with Gasteiger partial charge in [0.1, 0.15) is 0 Å². The zero-order chi connectivity index (χ0) is 13.8. The van der Waals surface area contributed by atoms with Crippen LogP contribution in [-0.4, -0.2) is 16.8 Å². The van der Waals surface area contributed by atoms with E-state index in [0.29, 0.717) is 0 Å². The van der Waals surface area contributed by atoms with Crippen LogP contribution in [0.1, 0.15) is 5.56 Å². The summed E-state index contributed by atoms with van der Waals surface area (Å²) in [6.45, 7) is 0.795. The Morgan fingerprint density at radius 2 is 1.55 bits per heavy atom. The quantitative estimate of drug-likeness (QED) is 0.715. The smallest absolute Gasteiger partial charge is 0.0794 e. The van der Waals surface area contributed by atoms with E-state index in [-0.39, 0.29) is 0 Å². The van der Waals surface area contributed by atoms with Crippen molar-refractivity contribution in [3.05, 3.63) is 78.6 Å². The third-order valence-corrected chi connectivity index (χ3v) is 3.34. The highest BCUT2D eigenvalue weighted by molar-refractivity contribution is 5.60. The summed E-state index contributed by atoms with van der Waals surface area (Å²) < 4.78 is 1.96. The van der Waals surface area contributed by atoms with Crippen LogP contribution in [0.4, 0.5) is 11.4 Å². The first kappa shape index (κ1) is 12.5. The fourth-order valence-corrected chi connectivity index (χ4v) is 2.18. The minimum Gasteiger partial charge on any atom is -0.342 e. The molecule has 0 aliphatic rings. The molecule has 0 spiro atoms. The highest BCUT2D eigenvalue weighted by atomic mass is 15.3. The Kier molecular flexibility index (Phi) is 3.50. The number of benzene rings is 2. The summed E-state index contributed by atoms with van der Waals surface area (Å²) in [6.07, 6.45) is 3.97. The minimum absolute atomic E-state index is 0.795. The van der Waals surface area contributed by atoms with Gasteiger partial charge in [0, 0.05) is 18.9 Å². The Morgan fingerprint density at radius 1 is 0.900 bits per heavy atom. The van der Waals surface area contributed by atoms with Crippen LogP contribution in [0, 0.1) is 0 Å². The van der Waals surface area contributed by atoms with Gasteiger partial charge < -0.3 is 4.90 Å². The second-order valence-corrected chi connectivity index (χ2v) is 4.78. The Labute approximate surface area is 119 Å². The first-order valence-corrected chi connectivity index (χ1v) is 6.68. The second kappa shape index (κ2) is 5.61. The van der Waals surface area contributed by atoms with Crippen molar-refractivity contribution < 1.29 is 0 Å². The maximum Gasteiger partial charge on any atom is 0.0794 e. The van der Waals surface area contributed by atoms with Crippen LogP contribution in [-0.2, 0) is 6.54 Å². The Hall–Kier alpha value is -2.55. The molecule has 0 N–H and O–H groups in total. The van der Waals surface area contributed by atoms with Crippen molar-refractivity contribution >= 4 is 11.4 Å². The zero-order valence-corrected chi connectivity index (χ0v) is 11.5. The number of hydrogen-bond donors (Lipinski definition) is 0. The van der Waals surface area contributed by atoms with Gasteiger partial charge in [-0.1, -0.05) is 48.5 Å². The molecule has 0 saturated carbocycles. The molecule has 100 valence electrons. The molecule has 3 heteroatoms. The molecular formula is C17H17N3. The zero-order valence-electron chi connectivity index (χ0n) is 11.5. The summed E-state index contributed by atoms with van der Waals surface area (Å²) >= 11 is 0. The molecule has 2 aromatic carbocycles. The van der Waals surface area contributed by atoms with E-state index in [2.05, 4.69) is 59.6 Å². The number of nitrogens with zero attached hydrogens (tertiary/aromatic N) is 3. The third kappa shape index (κ3) is 2.72. The van der Waals surface area contributed by atoms with Gasteiger partial charge in [-0.2, -0.15) is 5.10 Å². The number of aromatic nitrogens is 2. The monoisotopic (exact) mass is 263 g/mol. The molecule has 0 fully saturated rings. The fraction of sp³-hybridized carbons (Fsp3) is 0.118. The highest BCUT2D eigenvalue weighted by Crippen LogP contribution is 2.22. The molecule has 0 radical (unpaired) electrons. The van der Waals surface area contributed by atoms with Gasteiger partial charge in [-0.05, 0) is 17.7 Å². The van der Waals surface area contributed by atoms with Gasteiger partial charge in [0.25, 0.3) is 0 Å². The second-order valence-electron chi connectivity index (χ2n) is 4.78. The molecule has 20 heavy (non-hydrogen) atoms. The first-order chi connectivity index (χ1) is 9.83. The lowest BCUT2D eigenvalue weighted by atomic mass is 10.2. The van der Waals surface area contributed by atoms with Crippen molar-refractivity contribution in [3.8, 4) is 0 Å². The number of anilines is 2. The highest BCUT2D eigenvalue weighted by Gasteiger charge is 2.06. The van der Waals surface area contributed by atoms with Crippen LogP contribution in [0.15, 0.2) is 73.1 Å². The van der Waals surface area contributed by atoms with E-state index in [1.165, 1.54) is 5.56 Å². The molecule has 1 aromatic heterocycles. The minimum atomic E-state index is 0.795. The van der Waals surface area contributed by atoms with Crippen molar-refractivity contribution in [2.45, 2.75) is 6.54 Å². The molecule has 3 rings (SSSR count). The topological polar surface area (TPSA) is 21.1 Å². The molecule has 0 bridgehead atoms. The van der Waals surface area contributed by atoms with E-state index < -0.39 is 0 Å². The van der Waals surface area contributed by atoms with Gasteiger partial charge in [-0.3, -0.25) is 4.68 Å². The van der Waals surface area contributed by atoms with Crippen LogP contribution in [0.5, 0.6) is 0 Å². The largest absolute Gasteiger partial charge is 0.342 e. The third-order valence-electron chi connectivity index (χ3n) is 3.34. The average Bonchev–Trinajstić information content (AvgIpc) is 2.97. The molecule has 0 aliphatic heterocycles. The summed E-state index contributed by atoms with van der Waals surface area (Å²) in [7, 11) is 2.05. The van der Waals surface area contributed by atoms with Crippen molar-refractivity contribution in [1.29, 1.82) is 0 Å². The standard InChI is InChI=1S/C17H17N3/c1-19(16-10-6-3-7-11-16)17-12-18-20(14-17)13-15-8-4-2-5-9-15/h2-12,14H,13H2,1H3. The van der Waals surface area contributed by atoms with Gasteiger partial charge in [-0.25, -0.2) is 0 Å². The molecular weight excluding hydrogens is 246 g/mol. The Bertz CT molecular complexity index is 659. The van der Waals surface area contributed by atoms with Crippen molar-refractivity contribution in [3.63, 3.8) is 0 Å². The summed E-state index contributed by atoms with van der Waals surface area (Å²) in [5.41, 5.74) is 3.50. The lowest BCUT2D eigenvalue weighted by molar-refractivity contribution is 0.687. The fourth-order valence-electron chi connectivity index (χ4n) is 2.18. The molecule has 3 aromatic rings. The predicted molar refractivity (Wildman–Crippen MR) is 82.3 cm³/mol. The van der Waals surface area contributed by atoms with Crippen LogP contribution in [0.25, 0.3) is 0 Å². The average molecular weight is 263 g/mol. The van der Waals surface area contributed by atoms with E-state index >= 15 is 0 Å². The maximum absolute atomic E-state index is 4.43. The summed E-state index contributed by atoms with van der Waals surface area (Å²) in [5, 5.41) is 4.43. The van der Waals surface area contributed by atoms with Gasteiger partial charge >= 0.3 is 0 Å². The summed E-state index contributed by atoms with van der Waals surface area (Å²) in [6, 6.07) is 20.6. The first-order valence-electron chi connectivity index (χ1n) is 6.68. The van der Waals surface area contributed by atoms with E-state index in [9.17, 15) is 0 Å². The Balaban J connectivity index is 1.77. The van der Waals surface area contributed by atoms with Crippen molar-refractivity contribution in [2.75, 3.05) is 11.9 Å². The van der Waals surface area contributed by atoms with Crippen LogP contribution < -0.4 is 4.90 Å². The molecule has 0 saturated heterocycles. The van der Waals surface area contributed by atoms with Crippen LogP contribution in [0.3, 0.4) is 0 Å². The van der Waals surface area contributed by atoms with Crippen LogP contribution >= 0.6 is 0 Å². The summed E-state index contributed by atoms with van der Waals surface area (Å²) in [5.74, 6) is 0. The van der Waals surface area contributed by atoms with Crippen molar-refractivity contribution in [2.24, 2.45) is 0 Å². The SMILES string of the molecule is CN(c1ccccc1)c1cnn(Cc2ccccc2)c1. The predicted octanol–water partition coefficient (Wildman–Crippen LogP) is 3.70. The van der Waals surface area contributed by atoms with Gasteiger partial charge in [0.05, 0.1) is 18.4 Å². The molecule has 0 unspecified atom stereocenters. The van der Waals surface area contributed by atoms with E-state index in [0.717, 1.165) is 17.9 Å². The normalized spacial score (nSPS) is 10.4. The van der Waals surface area contributed by atoms with E-state index in [1.54, 1.807) is 0 Å². The molecule has 1 heterocycles. The maximum atomic E-state index is 4.43. The number of hydrogen-bond acceptors (Lipinski definition) is 2. The molecule has 0 atom stereocenters. The van der Waals surface area contributed by atoms with Crippen LogP contribution in [0.2, 0.25) is 0 Å². The van der Waals surface area contributed by atoms with E-state index in [4.69, 9.17) is 0 Å². The Morgan fingerprint density at radius 3 is 2.25 bits per heavy atom. The van der Waals surface area contributed by atoms with Gasteiger partial charge in [0.15, 0.2) is 0 Å². The molecule has 0 amide bonds. The molecule has 3 nitrogen and oxygen atoms in total. The summed E-state index contributed by atoms with van der Waals surface area (Å²) in [4.78, 5) is 2.13. The number of rotatable bonds is 4. The lowest BCUT2D eigenvalue weighted by Crippen LogP contribution is -2.08. The lowest BCUT2D eigenvalue weighted by Gasteiger charge is -2.16. The molecule has 0 aliphatic carbocycles. The van der Waals surface area contributed by atoms with Crippen molar-refractivity contribution in [1.82, 2.24) is 9.78 Å². The number of para-hydroxylation sites is 1. The van der Waals surface area contributed by atoms with E-state index in [1.807, 2.05) is 35.1 Å². The van der Waals surface area contributed by atoms with Gasteiger partial charge in [-0.15, -0.1) is 0 Å². The van der Waals surface area contributed by atoms with Gasteiger partial charge in [0.2, 0.25) is 0 Å².